The molecule has 1 aliphatic carbocycles. The van der Waals surface area contributed by atoms with Crippen molar-refractivity contribution in [3.63, 3.8) is 0 Å². The van der Waals surface area contributed by atoms with Crippen molar-refractivity contribution < 1.29 is 5.11 Å². The summed E-state index contributed by atoms with van der Waals surface area (Å²) in [5, 5.41) is 11.7. The Morgan fingerprint density at radius 3 is 2.75 bits per heavy atom. The molecule has 24 heavy (non-hydrogen) atoms. The maximum Gasteiger partial charge on any atom is 0.0704 e. The van der Waals surface area contributed by atoms with Gasteiger partial charge in [0.05, 0.1) is 12.1 Å². The average Bonchev–Trinajstić information content (AvgIpc) is 2.96. The summed E-state index contributed by atoms with van der Waals surface area (Å²) in [6.45, 7) is 4.71. The summed E-state index contributed by atoms with van der Waals surface area (Å²) in [7, 11) is 4.57. The Labute approximate surface area is 145 Å². The third kappa shape index (κ3) is 1.48. The zero-order chi connectivity index (χ0) is 16.8. The van der Waals surface area contributed by atoms with E-state index in [1.807, 2.05) is 0 Å². The Morgan fingerprint density at radius 2 is 2.00 bits per heavy atom. The zero-order valence-electron chi connectivity index (χ0n) is 15.3. The highest BCUT2D eigenvalue weighted by Gasteiger charge is 2.72. The number of hydrogen-bond donors (Lipinski definition) is 1. The van der Waals surface area contributed by atoms with Gasteiger partial charge >= 0.3 is 0 Å². The van der Waals surface area contributed by atoms with E-state index in [1.54, 1.807) is 0 Å². The number of aliphatic hydroxyl groups is 1. The first kappa shape index (κ1) is 15.2. The molecule has 3 nitrogen and oxygen atoms in total. The van der Waals surface area contributed by atoms with Crippen LogP contribution in [0.15, 0.2) is 24.3 Å². The average molecular weight is 326 g/mol. The molecule has 3 heterocycles. The Hall–Kier alpha value is -1.06. The van der Waals surface area contributed by atoms with Crippen molar-refractivity contribution in [3.8, 4) is 0 Å². The molecule has 3 aliphatic heterocycles. The minimum atomic E-state index is -0.201. The number of anilines is 1. The number of fused-ring (bicyclic) bond motifs is 3. The highest BCUT2D eigenvalue weighted by Crippen LogP contribution is 2.65. The summed E-state index contributed by atoms with van der Waals surface area (Å²) < 4.78 is 0. The fraction of sp³-hybridized carbons (Fsp3) is 0.714. The highest BCUT2D eigenvalue weighted by atomic mass is 16.3. The molecule has 3 bridgehead atoms. The minimum absolute atomic E-state index is 0.0416. The first-order valence-corrected chi connectivity index (χ1v) is 9.74. The standard InChI is InChI=1S/C21H30N2O/c1-5-12(2)13-10-16-19-21(11-17(22(16)3)18(13)20(21)24)14-8-6-7-9-15(14)23(19)4/h6-9,12-13,16-20,24H,5,10-11H2,1-4H3. The molecule has 0 radical (unpaired) electrons. The van der Waals surface area contributed by atoms with Crippen molar-refractivity contribution in [3.05, 3.63) is 29.8 Å². The lowest BCUT2D eigenvalue weighted by molar-refractivity contribution is -0.0187. The zero-order valence-corrected chi connectivity index (χ0v) is 15.3. The predicted molar refractivity (Wildman–Crippen MR) is 97.3 cm³/mol. The Balaban J connectivity index is 1.71. The van der Waals surface area contributed by atoms with Gasteiger partial charge < -0.3 is 10.0 Å². The molecule has 5 rings (SSSR count). The first-order valence-electron chi connectivity index (χ1n) is 9.74. The Kier molecular flexibility index (Phi) is 3.02. The van der Waals surface area contributed by atoms with Crippen LogP contribution >= 0.6 is 0 Å². The molecule has 1 saturated carbocycles. The van der Waals surface area contributed by atoms with E-state index in [0.717, 1.165) is 6.42 Å². The van der Waals surface area contributed by atoms with Gasteiger partial charge in [0.1, 0.15) is 0 Å². The van der Waals surface area contributed by atoms with Crippen molar-refractivity contribution in [1.29, 1.82) is 0 Å². The van der Waals surface area contributed by atoms with Crippen LogP contribution in [0.5, 0.6) is 0 Å². The van der Waals surface area contributed by atoms with Gasteiger partial charge in [0.25, 0.3) is 0 Å². The fourth-order valence-corrected chi connectivity index (χ4v) is 7.20. The molecule has 8 atom stereocenters. The molecule has 0 aromatic heterocycles. The SMILES string of the molecule is CCC(C)C1CC2C3N(C)c4ccccc4C34CC(C1C4O)N2C. The van der Waals surface area contributed by atoms with Crippen molar-refractivity contribution in [1.82, 2.24) is 4.90 Å². The summed E-state index contributed by atoms with van der Waals surface area (Å²) in [6, 6.07) is 10.4. The molecule has 4 aliphatic rings. The van der Waals surface area contributed by atoms with Crippen molar-refractivity contribution >= 4 is 5.69 Å². The second-order valence-electron chi connectivity index (χ2n) is 8.92. The van der Waals surface area contributed by atoms with Crippen LogP contribution in [0.3, 0.4) is 0 Å². The largest absolute Gasteiger partial charge is 0.392 e. The maximum atomic E-state index is 11.7. The molecular weight excluding hydrogens is 296 g/mol. The van der Waals surface area contributed by atoms with Crippen LogP contribution < -0.4 is 4.90 Å². The van der Waals surface area contributed by atoms with Crippen LogP contribution in [0.2, 0.25) is 0 Å². The van der Waals surface area contributed by atoms with E-state index >= 15 is 0 Å². The molecule has 1 aromatic rings. The minimum Gasteiger partial charge on any atom is -0.392 e. The lowest BCUT2D eigenvalue weighted by Gasteiger charge is -2.53. The van der Waals surface area contributed by atoms with Gasteiger partial charge in [-0.25, -0.2) is 0 Å². The second kappa shape index (κ2) is 4.76. The fourth-order valence-electron chi connectivity index (χ4n) is 7.20. The predicted octanol–water partition coefficient (Wildman–Crippen LogP) is 2.87. The second-order valence-corrected chi connectivity index (χ2v) is 8.92. The van der Waals surface area contributed by atoms with Crippen LogP contribution in [-0.2, 0) is 5.41 Å². The summed E-state index contributed by atoms with van der Waals surface area (Å²) in [5.74, 6) is 1.81. The molecule has 0 amide bonds. The molecule has 2 saturated heterocycles. The van der Waals surface area contributed by atoms with E-state index in [9.17, 15) is 5.11 Å². The van der Waals surface area contributed by atoms with Gasteiger partial charge in [-0.15, -0.1) is 0 Å². The van der Waals surface area contributed by atoms with Gasteiger partial charge in [-0.2, -0.15) is 0 Å². The van der Waals surface area contributed by atoms with Gasteiger partial charge in [0.2, 0.25) is 0 Å². The highest BCUT2D eigenvalue weighted by molar-refractivity contribution is 5.67. The smallest absolute Gasteiger partial charge is 0.0704 e. The van der Waals surface area contributed by atoms with Gasteiger partial charge in [-0.3, -0.25) is 4.90 Å². The lowest BCUT2D eigenvalue weighted by Crippen LogP contribution is -2.64. The number of hydrogen-bond acceptors (Lipinski definition) is 3. The van der Waals surface area contributed by atoms with Gasteiger partial charge in [0, 0.05) is 36.2 Å². The van der Waals surface area contributed by atoms with Crippen molar-refractivity contribution in [2.24, 2.45) is 17.8 Å². The molecule has 130 valence electrons. The summed E-state index contributed by atoms with van der Waals surface area (Å²) in [6.07, 6.45) is 3.40. The van der Waals surface area contributed by atoms with E-state index in [1.165, 1.54) is 24.1 Å². The van der Waals surface area contributed by atoms with Gasteiger partial charge in [-0.05, 0) is 43.4 Å². The molecule has 3 heteroatoms. The number of aliphatic hydroxyl groups excluding tert-OH is 1. The number of benzene rings is 1. The van der Waals surface area contributed by atoms with Crippen LogP contribution in [-0.4, -0.2) is 48.3 Å². The first-order chi connectivity index (χ1) is 11.5. The maximum absolute atomic E-state index is 11.7. The summed E-state index contributed by atoms with van der Waals surface area (Å²) in [5.41, 5.74) is 2.73. The summed E-state index contributed by atoms with van der Waals surface area (Å²) >= 11 is 0. The number of likely N-dealkylation sites (N-methyl/N-ethyl adjacent to an activating group) is 2. The van der Waals surface area contributed by atoms with E-state index < -0.39 is 0 Å². The normalized spacial score (nSPS) is 47.0. The van der Waals surface area contributed by atoms with Crippen LogP contribution in [0.1, 0.15) is 38.7 Å². The molecule has 1 spiro atoms. The van der Waals surface area contributed by atoms with E-state index in [4.69, 9.17) is 0 Å². The van der Waals surface area contributed by atoms with Crippen LogP contribution in [0.25, 0.3) is 0 Å². The lowest BCUT2D eigenvalue weighted by atomic mass is 9.67. The monoisotopic (exact) mass is 326 g/mol. The van der Waals surface area contributed by atoms with Crippen molar-refractivity contribution in [2.45, 2.75) is 62.8 Å². The van der Waals surface area contributed by atoms with Crippen LogP contribution in [0, 0.1) is 17.8 Å². The molecule has 1 N–H and O–H groups in total. The van der Waals surface area contributed by atoms with E-state index in [2.05, 4.69) is 62.0 Å². The molecule has 8 unspecified atom stereocenters. The number of rotatable bonds is 2. The number of piperidine rings is 2. The molecule has 3 fully saturated rings. The molecular formula is C21H30N2O. The number of para-hydroxylation sites is 1. The van der Waals surface area contributed by atoms with E-state index in [0.29, 0.717) is 35.9 Å². The summed E-state index contributed by atoms with van der Waals surface area (Å²) in [4.78, 5) is 5.13. The Bertz CT molecular complexity index is 676. The van der Waals surface area contributed by atoms with E-state index in [-0.39, 0.29) is 11.5 Å². The van der Waals surface area contributed by atoms with Gasteiger partial charge in [0.15, 0.2) is 0 Å². The van der Waals surface area contributed by atoms with Crippen molar-refractivity contribution in [2.75, 3.05) is 19.0 Å². The third-order valence-corrected chi connectivity index (χ3v) is 8.41. The molecule has 1 aromatic carbocycles. The topological polar surface area (TPSA) is 26.7 Å². The Morgan fingerprint density at radius 1 is 1.25 bits per heavy atom. The third-order valence-electron chi connectivity index (χ3n) is 8.41. The van der Waals surface area contributed by atoms with Gasteiger partial charge in [-0.1, -0.05) is 38.5 Å². The van der Waals surface area contributed by atoms with Crippen LogP contribution in [0.4, 0.5) is 5.69 Å². The number of nitrogens with zero attached hydrogens (tertiary/aromatic N) is 2. The quantitative estimate of drug-likeness (QED) is 0.905.